The summed E-state index contributed by atoms with van der Waals surface area (Å²) in [6.07, 6.45) is 0. The molecule has 10 aromatic rings. The number of para-hydroxylation sites is 1. The topological polar surface area (TPSA) is 43.9 Å². The average molecular weight is 628 g/mol. The molecule has 0 N–H and O–H groups in total. The minimum absolute atomic E-state index is 0.154. The predicted molar refractivity (Wildman–Crippen MR) is 202 cm³/mol. The quantitative estimate of drug-likeness (QED) is 0.192. The minimum atomic E-state index is -0.154. The SMILES string of the molecule is CC1(C)c2ccccc2-c2nc(-n3c4ccc(-c5ccc6oc7ccccc7c6c5)cc4c4ccc5ccccc5c43)nc3cccc1c23. The zero-order valence-corrected chi connectivity index (χ0v) is 27.0. The van der Waals surface area contributed by atoms with Gasteiger partial charge in [0, 0.05) is 43.3 Å². The van der Waals surface area contributed by atoms with Crippen molar-refractivity contribution in [3.63, 3.8) is 0 Å². The van der Waals surface area contributed by atoms with E-state index in [2.05, 4.69) is 146 Å². The Kier molecular flexibility index (Phi) is 5.15. The molecular formula is C45H29N3O. The first-order valence-corrected chi connectivity index (χ1v) is 16.8. The second kappa shape index (κ2) is 9.42. The van der Waals surface area contributed by atoms with E-state index in [9.17, 15) is 0 Å². The number of fused-ring (bicyclic) bond motifs is 10. The molecule has 3 heterocycles. The van der Waals surface area contributed by atoms with Crippen LogP contribution >= 0.6 is 0 Å². The summed E-state index contributed by atoms with van der Waals surface area (Å²) in [4.78, 5) is 10.8. The third-order valence-electron chi connectivity index (χ3n) is 10.8. The van der Waals surface area contributed by atoms with E-state index >= 15 is 0 Å². The Labute approximate surface area is 281 Å². The van der Waals surface area contributed by atoms with Crippen LogP contribution in [0.15, 0.2) is 144 Å². The van der Waals surface area contributed by atoms with Gasteiger partial charge in [-0.25, -0.2) is 9.97 Å². The Hall–Kier alpha value is -6.26. The van der Waals surface area contributed by atoms with Crippen LogP contribution < -0.4 is 0 Å². The van der Waals surface area contributed by atoms with Crippen molar-refractivity contribution in [1.29, 1.82) is 0 Å². The molecule has 0 amide bonds. The van der Waals surface area contributed by atoms with Crippen LogP contribution in [0.5, 0.6) is 0 Å². The van der Waals surface area contributed by atoms with Crippen molar-refractivity contribution in [3.05, 3.63) is 151 Å². The van der Waals surface area contributed by atoms with Crippen LogP contribution in [0.2, 0.25) is 0 Å². The first-order chi connectivity index (χ1) is 24.0. The maximum absolute atomic E-state index is 6.14. The first kappa shape index (κ1) is 26.8. The highest BCUT2D eigenvalue weighted by atomic mass is 16.3. The van der Waals surface area contributed by atoms with Gasteiger partial charge in [0.2, 0.25) is 5.95 Å². The largest absolute Gasteiger partial charge is 0.456 e. The fourth-order valence-electron chi connectivity index (χ4n) is 8.44. The predicted octanol–water partition coefficient (Wildman–Crippen LogP) is 11.8. The second-order valence-corrected chi connectivity index (χ2v) is 13.8. The van der Waals surface area contributed by atoms with Crippen molar-refractivity contribution in [2.45, 2.75) is 19.3 Å². The number of nitrogens with zero attached hydrogens (tertiary/aromatic N) is 3. The summed E-state index contributed by atoms with van der Waals surface area (Å²) in [5.74, 6) is 0.685. The lowest BCUT2D eigenvalue weighted by Gasteiger charge is -2.34. The van der Waals surface area contributed by atoms with Crippen molar-refractivity contribution >= 4 is 65.4 Å². The zero-order valence-electron chi connectivity index (χ0n) is 27.0. The van der Waals surface area contributed by atoms with E-state index in [1.54, 1.807) is 0 Å². The van der Waals surface area contributed by atoms with Gasteiger partial charge in [-0.2, -0.15) is 0 Å². The van der Waals surface area contributed by atoms with Gasteiger partial charge in [0.25, 0.3) is 0 Å². The van der Waals surface area contributed by atoms with Crippen LogP contribution in [-0.2, 0) is 5.41 Å². The van der Waals surface area contributed by atoms with E-state index in [1.807, 2.05) is 12.1 Å². The summed E-state index contributed by atoms with van der Waals surface area (Å²) in [5.41, 5.74) is 11.9. The van der Waals surface area contributed by atoms with Crippen LogP contribution in [-0.4, -0.2) is 14.5 Å². The monoisotopic (exact) mass is 627 g/mol. The third-order valence-corrected chi connectivity index (χ3v) is 10.8. The van der Waals surface area contributed by atoms with Crippen molar-refractivity contribution in [1.82, 2.24) is 14.5 Å². The highest BCUT2D eigenvalue weighted by Crippen LogP contribution is 2.48. The van der Waals surface area contributed by atoms with Crippen LogP contribution in [0.1, 0.15) is 25.0 Å². The normalized spacial score (nSPS) is 13.7. The molecule has 11 rings (SSSR count). The molecule has 49 heavy (non-hydrogen) atoms. The van der Waals surface area contributed by atoms with Gasteiger partial charge in [0.05, 0.1) is 22.2 Å². The molecule has 230 valence electrons. The summed E-state index contributed by atoms with van der Waals surface area (Å²) in [6.45, 7) is 4.61. The zero-order chi connectivity index (χ0) is 32.4. The molecule has 0 saturated heterocycles. The summed E-state index contributed by atoms with van der Waals surface area (Å²) in [5, 5.41) is 8.12. The molecule has 0 saturated carbocycles. The van der Waals surface area contributed by atoms with Crippen molar-refractivity contribution < 1.29 is 4.42 Å². The lowest BCUT2D eigenvalue weighted by Crippen LogP contribution is -2.24. The second-order valence-electron chi connectivity index (χ2n) is 13.8. The number of hydrogen-bond donors (Lipinski definition) is 0. The highest BCUT2D eigenvalue weighted by molar-refractivity contribution is 6.19. The summed E-state index contributed by atoms with van der Waals surface area (Å²) in [7, 11) is 0. The van der Waals surface area contributed by atoms with Crippen molar-refractivity contribution in [2.75, 3.05) is 0 Å². The number of benzene rings is 7. The summed E-state index contributed by atoms with van der Waals surface area (Å²) >= 11 is 0. The molecule has 1 aliphatic rings. The molecule has 1 aliphatic carbocycles. The van der Waals surface area contributed by atoms with Gasteiger partial charge in [0.1, 0.15) is 11.2 Å². The van der Waals surface area contributed by atoms with Gasteiger partial charge in [-0.3, -0.25) is 4.57 Å². The van der Waals surface area contributed by atoms with Gasteiger partial charge in [-0.1, -0.05) is 117 Å². The fourth-order valence-corrected chi connectivity index (χ4v) is 8.44. The molecule has 4 heteroatoms. The summed E-state index contributed by atoms with van der Waals surface area (Å²) in [6, 6.07) is 49.9. The standard InChI is InChI=1S/C45H29N3O/c1-45(2)35-14-7-5-13-32(35)42-41-36(45)15-9-16-37(41)46-44(47-42)48-38-22-19-27(24-33(38)31-21-18-26-10-3-4-11-29(26)43(31)48)28-20-23-40-34(25-28)30-12-6-8-17-39(30)49-40/h3-25H,1-2H3. The van der Waals surface area contributed by atoms with E-state index < -0.39 is 0 Å². The minimum Gasteiger partial charge on any atom is -0.456 e. The van der Waals surface area contributed by atoms with Crippen LogP contribution in [0.25, 0.3) is 93.8 Å². The lowest BCUT2D eigenvalue weighted by atomic mass is 9.70. The Balaban J connectivity index is 1.22. The highest BCUT2D eigenvalue weighted by Gasteiger charge is 2.35. The number of aromatic nitrogens is 3. The molecular weight excluding hydrogens is 599 g/mol. The molecule has 0 unspecified atom stereocenters. The first-order valence-electron chi connectivity index (χ1n) is 16.8. The molecule has 0 aliphatic heterocycles. The fraction of sp³-hybridized carbons (Fsp3) is 0.0667. The van der Waals surface area contributed by atoms with Crippen molar-refractivity contribution in [3.8, 4) is 28.3 Å². The Morgan fingerprint density at radius 2 is 1.29 bits per heavy atom. The number of hydrogen-bond acceptors (Lipinski definition) is 3. The van der Waals surface area contributed by atoms with Crippen LogP contribution in [0.3, 0.4) is 0 Å². The van der Waals surface area contributed by atoms with Crippen LogP contribution in [0, 0.1) is 0 Å². The molecule has 0 atom stereocenters. The van der Waals surface area contributed by atoms with E-state index in [0.717, 1.165) is 60.7 Å². The van der Waals surface area contributed by atoms with Crippen molar-refractivity contribution in [2.24, 2.45) is 0 Å². The molecule has 0 bridgehead atoms. The maximum atomic E-state index is 6.14. The molecule has 4 nitrogen and oxygen atoms in total. The van der Waals surface area contributed by atoms with Gasteiger partial charge in [-0.15, -0.1) is 0 Å². The van der Waals surface area contributed by atoms with Gasteiger partial charge in [-0.05, 0) is 64.0 Å². The smallest absolute Gasteiger partial charge is 0.235 e. The van der Waals surface area contributed by atoms with Gasteiger partial charge in [0.15, 0.2) is 0 Å². The lowest BCUT2D eigenvalue weighted by molar-refractivity contribution is 0.643. The third kappa shape index (κ3) is 3.58. The van der Waals surface area contributed by atoms with Gasteiger partial charge < -0.3 is 4.42 Å². The Morgan fingerprint density at radius 1 is 0.551 bits per heavy atom. The number of rotatable bonds is 2. The Morgan fingerprint density at radius 3 is 2.20 bits per heavy atom. The summed E-state index contributed by atoms with van der Waals surface area (Å²) < 4.78 is 8.43. The molecule has 0 radical (unpaired) electrons. The number of furan rings is 1. The van der Waals surface area contributed by atoms with Gasteiger partial charge >= 0.3 is 0 Å². The van der Waals surface area contributed by atoms with E-state index in [4.69, 9.17) is 14.4 Å². The molecule has 0 fully saturated rings. The van der Waals surface area contributed by atoms with E-state index in [0.29, 0.717) is 5.95 Å². The van der Waals surface area contributed by atoms with Crippen LogP contribution in [0.4, 0.5) is 0 Å². The average Bonchev–Trinajstić information content (AvgIpc) is 3.69. The molecule has 0 spiro atoms. The Bertz CT molecular complexity index is 3030. The molecule has 3 aromatic heterocycles. The molecule has 7 aromatic carbocycles. The maximum Gasteiger partial charge on any atom is 0.235 e. The van der Waals surface area contributed by atoms with E-state index in [1.165, 1.54) is 38.2 Å². The van der Waals surface area contributed by atoms with E-state index in [-0.39, 0.29) is 5.41 Å².